The number of rotatable bonds is 24. The van der Waals surface area contributed by atoms with Gasteiger partial charge in [0.1, 0.15) is 6.10 Å². The Hall–Kier alpha value is -2.10. The van der Waals surface area contributed by atoms with Crippen molar-refractivity contribution in [3.05, 3.63) is 48.6 Å². The van der Waals surface area contributed by atoms with Crippen LogP contribution in [0.1, 0.15) is 129 Å². The highest BCUT2D eigenvalue weighted by atomic mass is 16.5. The molecule has 4 nitrogen and oxygen atoms in total. The van der Waals surface area contributed by atoms with Crippen molar-refractivity contribution in [1.82, 2.24) is 0 Å². The molecule has 0 aliphatic carbocycles. The first kappa shape index (κ1) is 32.9. The second kappa shape index (κ2) is 26.5. The van der Waals surface area contributed by atoms with Crippen molar-refractivity contribution in [2.24, 2.45) is 0 Å². The van der Waals surface area contributed by atoms with Gasteiger partial charge in [0.15, 0.2) is 0 Å². The fraction of sp³-hybridized carbons (Fsp3) is 0.677. The number of carbonyl (C=O) groups is 2. The maximum atomic E-state index is 12.4. The summed E-state index contributed by atoms with van der Waals surface area (Å²) in [7, 11) is 0. The highest BCUT2D eigenvalue weighted by Crippen LogP contribution is 2.14. The Labute approximate surface area is 215 Å². The summed E-state index contributed by atoms with van der Waals surface area (Å²) in [5.74, 6) is -0.831. The normalized spacial score (nSPS) is 13.0. The van der Waals surface area contributed by atoms with E-state index in [1.54, 1.807) is 0 Å². The van der Waals surface area contributed by atoms with Crippen LogP contribution in [0.3, 0.4) is 0 Å². The van der Waals surface area contributed by atoms with Crippen LogP contribution in [0.2, 0.25) is 0 Å². The van der Waals surface area contributed by atoms with E-state index in [2.05, 4.69) is 62.5 Å². The van der Waals surface area contributed by atoms with Crippen molar-refractivity contribution >= 4 is 11.9 Å². The molecule has 1 unspecified atom stereocenters. The van der Waals surface area contributed by atoms with Gasteiger partial charge in [-0.15, -0.1) is 0 Å². The molecule has 0 saturated carbocycles. The molecule has 1 atom stereocenters. The van der Waals surface area contributed by atoms with E-state index in [-0.39, 0.29) is 18.5 Å². The molecule has 0 spiro atoms. The number of aliphatic carboxylic acids is 1. The quantitative estimate of drug-likeness (QED) is 0.0835. The number of hydrogen-bond acceptors (Lipinski definition) is 3. The zero-order valence-electron chi connectivity index (χ0n) is 22.6. The number of allylic oxidation sites excluding steroid dienone is 7. The molecule has 0 bridgehead atoms. The number of unbranched alkanes of at least 4 members (excludes halogenated alkanes) is 9. The second-order valence-corrected chi connectivity index (χ2v) is 9.19. The first-order valence-electron chi connectivity index (χ1n) is 14.1. The number of ether oxygens (including phenoxy) is 1. The number of carboxylic acids is 1. The van der Waals surface area contributed by atoms with Gasteiger partial charge in [0, 0.05) is 12.8 Å². The molecule has 35 heavy (non-hydrogen) atoms. The average Bonchev–Trinajstić information content (AvgIpc) is 2.83. The zero-order chi connectivity index (χ0) is 25.8. The summed E-state index contributed by atoms with van der Waals surface area (Å²) in [5.41, 5.74) is 0. The maximum Gasteiger partial charge on any atom is 0.306 e. The molecular formula is C31H52O4. The Morgan fingerprint density at radius 2 is 1.29 bits per heavy atom. The van der Waals surface area contributed by atoms with Crippen LogP contribution >= 0.6 is 0 Å². The first-order chi connectivity index (χ1) is 17.1. The highest BCUT2D eigenvalue weighted by molar-refractivity contribution is 5.69. The minimum atomic E-state index is -0.731. The molecule has 0 aromatic heterocycles. The zero-order valence-corrected chi connectivity index (χ0v) is 22.6. The molecule has 0 aromatic rings. The molecule has 1 N–H and O–H groups in total. The minimum absolute atomic E-state index is 0.100. The number of carboxylic acid groups (broad SMARTS) is 1. The Bertz CT molecular complexity index is 615. The fourth-order valence-corrected chi connectivity index (χ4v) is 3.69. The van der Waals surface area contributed by atoms with E-state index in [0.717, 1.165) is 83.5 Å². The number of carbonyl (C=O) groups excluding carboxylic acids is 1. The van der Waals surface area contributed by atoms with Crippen molar-refractivity contribution in [2.45, 2.75) is 136 Å². The van der Waals surface area contributed by atoms with Gasteiger partial charge in [0.2, 0.25) is 0 Å². The Balaban J connectivity index is 4.07. The lowest BCUT2D eigenvalue weighted by Crippen LogP contribution is -2.16. The highest BCUT2D eigenvalue weighted by Gasteiger charge is 2.11. The summed E-state index contributed by atoms with van der Waals surface area (Å²) in [5, 5.41) is 8.73. The van der Waals surface area contributed by atoms with Crippen LogP contribution in [0.25, 0.3) is 0 Å². The van der Waals surface area contributed by atoms with Gasteiger partial charge in [-0.2, -0.15) is 0 Å². The third-order valence-corrected chi connectivity index (χ3v) is 5.77. The predicted octanol–water partition coefficient (Wildman–Crippen LogP) is 9.27. The first-order valence-corrected chi connectivity index (χ1v) is 14.1. The third kappa shape index (κ3) is 26.3. The van der Waals surface area contributed by atoms with Gasteiger partial charge >= 0.3 is 11.9 Å². The molecule has 0 aliphatic heterocycles. The van der Waals surface area contributed by atoms with Crippen molar-refractivity contribution in [3.8, 4) is 0 Å². The third-order valence-electron chi connectivity index (χ3n) is 5.77. The number of esters is 1. The Morgan fingerprint density at radius 3 is 2.00 bits per heavy atom. The largest absolute Gasteiger partial charge is 0.481 e. The van der Waals surface area contributed by atoms with Gasteiger partial charge in [-0.1, -0.05) is 88.5 Å². The van der Waals surface area contributed by atoms with E-state index in [0.29, 0.717) is 6.42 Å². The fourth-order valence-electron chi connectivity index (χ4n) is 3.69. The molecule has 200 valence electrons. The monoisotopic (exact) mass is 488 g/mol. The van der Waals surface area contributed by atoms with Crippen molar-refractivity contribution in [3.63, 3.8) is 0 Å². The van der Waals surface area contributed by atoms with E-state index < -0.39 is 5.97 Å². The van der Waals surface area contributed by atoms with Gasteiger partial charge in [-0.05, 0) is 76.7 Å². The van der Waals surface area contributed by atoms with Crippen LogP contribution in [0.15, 0.2) is 48.6 Å². The predicted molar refractivity (Wildman–Crippen MR) is 149 cm³/mol. The second-order valence-electron chi connectivity index (χ2n) is 9.19. The van der Waals surface area contributed by atoms with Crippen molar-refractivity contribution < 1.29 is 19.4 Å². The van der Waals surface area contributed by atoms with E-state index in [1.807, 2.05) is 0 Å². The molecule has 0 saturated heterocycles. The molecule has 0 heterocycles. The molecule has 0 fully saturated rings. The number of hydrogen-bond donors (Lipinski definition) is 1. The molecule has 0 aliphatic rings. The molecule has 0 aromatic carbocycles. The van der Waals surface area contributed by atoms with Crippen molar-refractivity contribution in [1.29, 1.82) is 0 Å². The summed E-state index contributed by atoms with van der Waals surface area (Å²) in [6.45, 7) is 4.34. The van der Waals surface area contributed by atoms with Gasteiger partial charge in [0.25, 0.3) is 0 Å². The molecule has 4 heteroatoms. The summed E-state index contributed by atoms with van der Waals surface area (Å²) in [4.78, 5) is 23.0. The Kier molecular flexibility index (Phi) is 24.9. The maximum absolute atomic E-state index is 12.4. The summed E-state index contributed by atoms with van der Waals surface area (Å²) < 4.78 is 5.76. The molecule has 0 amide bonds. The van der Waals surface area contributed by atoms with Crippen LogP contribution in [-0.4, -0.2) is 23.1 Å². The van der Waals surface area contributed by atoms with Crippen LogP contribution in [0.5, 0.6) is 0 Å². The summed E-state index contributed by atoms with van der Waals surface area (Å²) in [6.07, 6.45) is 34.2. The SMILES string of the molecule is CC/C=C\C/C=C\C/C=C\CCCCCC(=O)OC(/C=C\CCCCC)CCCCCCC(=O)O. The lowest BCUT2D eigenvalue weighted by Gasteiger charge is -2.14. The summed E-state index contributed by atoms with van der Waals surface area (Å²) >= 11 is 0. The smallest absolute Gasteiger partial charge is 0.306 e. The molecule has 0 radical (unpaired) electrons. The van der Waals surface area contributed by atoms with Gasteiger partial charge in [-0.3, -0.25) is 9.59 Å². The molecular weight excluding hydrogens is 436 g/mol. The van der Waals surface area contributed by atoms with Crippen LogP contribution in [0.4, 0.5) is 0 Å². The van der Waals surface area contributed by atoms with Crippen LogP contribution in [-0.2, 0) is 14.3 Å². The lowest BCUT2D eigenvalue weighted by atomic mass is 10.1. The standard InChI is InChI=1S/C31H52O4/c1-3-5-7-9-10-11-12-13-14-15-16-18-24-28-31(34)35-29(25-21-17-8-6-4-2)26-22-19-20-23-27-30(32)33/h5,7,10-11,13-14,21,25,29H,3-4,6,8-9,12,15-20,22-24,26-28H2,1-2H3,(H,32,33)/b7-5-,11-10-,14-13-,25-21-. The Morgan fingerprint density at radius 1 is 0.686 bits per heavy atom. The lowest BCUT2D eigenvalue weighted by molar-refractivity contribution is -0.147. The van der Waals surface area contributed by atoms with Crippen LogP contribution < -0.4 is 0 Å². The average molecular weight is 489 g/mol. The van der Waals surface area contributed by atoms with Crippen molar-refractivity contribution in [2.75, 3.05) is 0 Å². The van der Waals surface area contributed by atoms with Gasteiger partial charge in [0.05, 0.1) is 0 Å². The van der Waals surface area contributed by atoms with E-state index in [4.69, 9.17) is 9.84 Å². The summed E-state index contributed by atoms with van der Waals surface area (Å²) in [6, 6.07) is 0. The van der Waals surface area contributed by atoms with E-state index >= 15 is 0 Å². The van der Waals surface area contributed by atoms with E-state index in [9.17, 15) is 9.59 Å². The van der Waals surface area contributed by atoms with E-state index in [1.165, 1.54) is 19.3 Å². The van der Waals surface area contributed by atoms with Crippen LogP contribution in [0, 0.1) is 0 Å². The van der Waals surface area contributed by atoms with Gasteiger partial charge < -0.3 is 9.84 Å². The molecule has 0 rings (SSSR count). The minimum Gasteiger partial charge on any atom is -0.481 e. The topological polar surface area (TPSA) is 63.6 Å². The van der Waals surface area contributed by atoms with Gasteiger partial charge in [-0.25, -0.2) is 0 Å².